The normalized spacial score (nSPS) is 20.2. The summed E-state index contributed by atoms with van der Waals surface area (Å²) in [7, 11) is 0. The van der Waals surface area contributed by atoms with Gasteiger partial charge in [-0.1, -0.05) is 41.9 Å². The predicted octanol–water partition coefficient (Wildman–Crippen LogP) is 3.00. The minimum atomic E-state index is -0.735. The molecule has 2 N–H and O–H groups in total. The zero-order chi connectivity index (χ0) is 17.8. The molecule has 1 fully saturated rings. The molecule has 0 radical (unpaired) electrons. The SMILES string of the molecule is O=C(O)C1CCC(Nc2cnn(Cc3ccccc3)c(=O)c2Cl)CC1. The van der Waals surface area contributed by atoms with Crippen molar-refractivity contribution in [2.75, 3.05) is 5.32 Å². The highest BCUT2D eigenvalue weighted by atomic mass is 35.5. The van der Waals surface area contributed by atoms with Gasteiger partial charge in [0.25, 0.3) is 5.56 Å². The largest absolute Gasteiger partial charge is 0.481 e. The number of hydrogen-bond donors (Lipinski definition) is 2. The summed E-state index contributed by atoms with van der Waals surface area (Å²) in [5, 5.41) is 16.6. The van der Waals surface area contributed by atoms with Crippen molar-refractivity contribution >= 4 is 23.3 Å². The van der Waals surface area contributed by atoms with Gasteiger partial charge in [0, 0.05) is 6.04 Å². The van der Waals surface area contributed by atoms with Crippen LogP contribution < -0.4 is 10.9 Å². The maximum Gasteiger partial charge on any atom is 0.306 e. The van der Waals surface area contributed by atoms with Gasteiger partial charge in [0.15, 0.2) is 0 Å². The second-order valence-electron chi connectivity index (χ2n) is 6.35. The van der Waals surface area contributed by atoms with E-state index in [0.29, 0.717) is 25.1 Å². The highest BCUT2D eigenvalue weighted by molar-refractivity contribution is 6.32. The summed E-state index contributed by atoms with van der Waals surface area (Å²) in [4.78, 5) is 23.4. The summed E-state index contributed by atoms with van der Waals surface area (Å²) in [6, 6.07) is 9.69. The average Bonchev–Trinajstić information content (AvgIpc) is 2.63. The topological polar surface area (TPSA) is 84.2 Å². The van der Waals surface area contributed by atoms with Crippen LogP contribution in [0, 0.1) is 5.92 Å². The second-order valence-corrected chi connectivity index (χ2v) is 6.73. The Hall–Kier alpha value is -2.34. The van der Waals surface area contributed by atoms with Gasteiger partial charge in [-0.05, 0) is 31.2 Å². The first kappa shape index (κ1) is 17.5. The first-order valence-electron chi connectivity index (χ1n) is 8.33. The Kier molecular flexibility index (Phi) is 5.38. The summed E-state index contributed by atoms with van der Waals surface area (Å²) >= 11 is 6.23. The highest BCUT2D eigenvalue weighted by Gasteiger charge is 2.26. The number of halogens is 1. The first-order valence-corrected chi connectivity index (χ1v) is 8.71. The fourth-order valence-corrected chi connectivity index (χ4v) is 3.34. The molecule has 0 bridgehead atoms. The second kappa shape index (κ2) is 7.70. The van der Waals surface area contributed by atoms with E-state index in [4.69, 9.17) is 16.7 Å². The summed E-state index contributed by atoms with van der Waals surface area (Å²) in [6.45, 7) is 0.364. The van der Waals surface area contributed by atoms with Gasteiger partial charge in [0.2, 0.25) is 0 Å². The third kappa shape index (κ3) is 4.20. The molecule has 0 amide bonds. The summed E-state index contributed by atoms with van der Waals surface area (Å²) in [5.74, 6) is -1.01. The number of nitrogens with zero attached hydrogens (tertiary/aromatic N) is 2. The molecule has 0 aliphatic heterocycles. The van der Waals surface area contributed by atoms with Gasteiger partial charge < -0.3 is 10.4 Å². The number of rotatable bonds is 5. The quantitative estimate of drug-likeness (QED) is 0.855. The molecule has 0 saturated heterocycles. The Morgan fingerprint density at radius 2 is 1.92 bits per heavy atom. The van der Waals surface area contributed by atoms with Crippen LogP contribution in [-0.4, -0.2) is 26.9 Å². The number of aliphatic carboxylic acids is 1. The number of carboxylic acids is 1. The molecule has 132 valence electrons. The maximum absolute atomic E-state index is 12.4. The minimum absolute atomic E-state index is 0.110. The van der Waals surface area contributed by atoms with Crippen molar-refractivity contribution in [2.24, 2.45) is 5.92 Å². The molecule has 1 aromatic carbocycles. The van der Waals surface area contributed by atoms with Crippen LogP contribution in [0.3, 0.4) is 0 Å². The Morgan fingerprint density at radius 1 is 1.24 bits per heavy atom. The van der Waals surface area contributed by atoms with Crippen molar-refractivity contribution in [1.82, 2.24) is 9.78 Å². The first-order chi connectivity index (χ1) is 12.0. The molecule has 7 heteroatoms. The molecular weight excluding hydrogens is 342 g/mol. The average molecular weight is 362 g/mol. The summed E-state index contributed by atoms with van der Waals surface area (Å²) in [5.41, 5.74) is 1.14. The van der Waals surface area contributed by atoms with Gasteiger partial charge in [0.1, 0.15) is 5.02 Å². The van der Waals surface area contributed by atoms with E-state index in [1.165, 1.54) is 4.68 Å². The Labute approximate surface area is 150 Å². The van der Waals surface area contributed by atoms with Crippen LogP contribution in [0.1, 0.15) is 31.2 Å². The lowest BCUT2D eigenvalue weighted by Gasteiger charge is -2.27. The fourth-order valence-electron chi connectivity index (χ4n) is 3.14. The number of carbonyl (C=O) groups is 1. The number of hydrogen-bond acceptors (Lipinski definition) is 4. The summed E-state index contributed by atoms with van der Waals surface area (Å²) in [6.07, 6.45) is 4.29. The van der Waals surface area contributed by atoms with Gasteiger partial charge in [-0.2, -0.15) is 5.10 Å². The summed E-state index contributed by atoms with van der Waals surface area (Å²) < 4.78 is 1.34. The molecule has 1 aromatic heterocycles. The van der Waals surface area contributed by atoms with Crippen LogP contribution in [0.25, 0.3) is 0 Å². The van der Waals surface area contributed by atoms with E-state index in [1.54, 1.807) is 6.20 Å². The molecule has 1 saturated carbocycles. The third-order valence-electron chi connectivity index (χ3n) is 4.60. The number of anilines is 1. The Balaban J connectivity index is 1.69. The molecule has 0 unspecified atom stereocenters. The number of carboxylic acid groups (broad SMARTS) is 1. The third-order valence-corrected chi connectivity index (χ3v) is 4.96. The fraction of sp³-hybridized carbons (Fsp3) is 0.389. The number of nitrogens with one attached hydrogen (secondary N) is 1. The molecule has 1 heterocycles. The molecule has 6 nitrogen and oxygen atoms in total. The predicted molar refractivity (Wildman–Crippen MR) is 96.1 cm³/mol. The van der Waals surface area contributed by atoms with Crippen LogP contribution in [0.4, 0.5) is 5.69 Å². The van der Waals surface area contributed by atoms with Crippen molar-refractivity contribution < 1.29 is 9.90 Å². The molecule has 0 spiro atoms. The van der Waals surface area contributed by atoms with E-state index in [1.807, 2.05) is 30.3 Å². The lowest BCUT2D eigenvalue weighted by atomic mass is 9.86. The zero-order valence-corrected chi connectivity index (χ0v) is 14.4. The van der Waals surface area contributed by atoms with Gasteiger partial charge in [-0.25, -0.2) is 4.68 Å². The molecule has 2 aromatic rings. The standard InChI is InChI=1S/C18H20ClN3O3/c19-16-15(21-14-8-6-13(7-9-14)18(24)25)10-20-22(17(16)23)11-12-4-2-1-3-5-12/h1-5,10,13-14,21H,6-9,11H2,(H,24,25). The van der Waals surface area contributed by atoms with Gasteiger partial charge >= 0.3 is 5.97 Å². The van der Waals surface area contributed by atoms with Crippen molar-refractivity contribution in [2.45, 2.75) is 38.3 Å². The van der Waals surface area contributed by atoms with Crippen molar-refractivity contribution in [3.8, 4) is 0 Å². The van der Waals surface area contributed by atoms with E-state index >= 15 is 0 Å². The minimum Gasteiger partial charge on any atom is -0.481 e. The van der Waals surface area contributed by atoms with Gasteiger partial charge in [-0.3, -0.25) is 9.59 Å². The van der Waals surface area contributed by atoms with Crippen molar-refractivity contribution in [3.63, 3.8) is 0 Å². The Morgan fingerprint density at radius 3 is 2.56 bits per heavy atom. The van der Waals surface area contributed by atoms with Crippen molar-refractivity contribution in [1.29, 1.82) is 0 Å². The van der Waals surface area contributed by atoms with Crippen molar-refractivity contribution in [3.05, 3.63) is 57.5 Å². The molecule has 3 rings (SSSR count). The van der Waals surface area contributed by atoms with E-state index in [9.17, 15) is 9.59 Å². The monoisotopic (exact) mass is 361 g/mol. The van der Waals surface area contributed by atoms with Crippen LogP contribution in [0.15, 0.2) is 41.3 Å². The van der Waals surface area contributed by atoms with Crippen LogP contribution >= 0.6 is 11.6 Å². The van der Waals surface area contributed by atoms with E-state index in [-0.39, 0.29) is 22.5 Å². The number of benzene rings is 1. The smallest absolute Gasteiger partial charge is 0.306 e. The number of aromatic nitrogens is 2. The molecule has 0 atom stereocenters. The van der Waals surface area contributed by atoms with Crippen LogP contribution in [0.5, 0.6) is 0 Å². The zero-order valence-electron chi connectivity index (χ0n) is 13.7. The van der Waals surface area contributed by atoms with E-state index in [0.717, 1.165) is 18.4 Å². The van der Waals surface area contributed by atoms with Crippen LogP contribution in [-0.2, 0) is 11.3 Å². The van der Waals surface area contributed by atoms with E-state index < -0.39 is 5.97 Å². The molecule has 25 heavy (non-hydrogen) atoms. The van der Waals surface area contributed by atoms with Gasteiger partial charge in [-0.15, -0.1) is 0 Å². The lowest BCUT2D eigenvalue weighted by Crippen LogP contribution is -2.31. The lowest BCUT2D eigenvalue weighted by molar-refractivity contribution is -0.142. The Bertz CT molecular complexity index is 799. The van der Waals surface area contributed by atoms with Crippen LogP contribution in [0.2, 0.25) is 5.02 Å². The van der Waals surface area contributed by atoms with E-state index in [2.05, 4.69) is 10.4 Å². The molecular formula is C18H20ClN3O3. The van der Waals surface area contributed by atoms with Gasteiger partial charge in [0.05, 0.1) is 24.3 Å². The maximum atomic E-state index is 12.4. The molecule has 1 aliphatic carbocycles. The highest BCUT2D eigenvalue weighted by Crippen LogP contribution is 2.28. The molecule has 1 aliphatic rings.